The number of ether oxygens (including phenoxy) is 2. The minimum absolute atomic E-state index is 0.578. The molecule has 1 atom stereocenters. The van der Waals surface area contributed by atoms with Crippen LogP contribution >= 0.6 is 0 Å². The van der Waals surface area contributed by atoms with Gasteiger partial charge in [-0.1, -0.05) is 63.1 Å². The van der Waals surface area contributed by atoms with Crippen molar-refractivity contribution in [3.05, 3.63) is 29.8 Å². The van der Waals surface area contributed by atoms with E-state index in [2.05, 4.69) is 24.3 Å². The standard InChI is InChI=1S/C21H32O2/c1-2-8-18(9-3-1)10-4-5-11-20-12-6-7-13-21(20)23-17-19-14-15-22-16-19/h6-7,12-13,18-19H,1-5,8-11,14-17H2. The molecule has 0 bridgehead atoms. The highest BCUT2D eigenvalue weighted by Gasteiger charge is 2.17. The number of para-hydroxylation sites is 1. The molecule has 0 spiro atoms. The predicted octanol–water partition coefficient (Wildman–Crippen LogP) is 5.40. The molecule has 1 heterocycles. The lowest BCUT2D eigenvalue weighted by molar-refractivity contribution is 0.166. The van der Waals surface area contributed by atoms with Gasteiger partial charge in [0, 0.05) is 12.5 Å². The molecule has 0 amide bonds. The fourth-order valence-electron chi connectivity index (χ4n) is 4.00. The fraction of sp³-hybridized carbons (Fsp3) is 0.714. The number of aryl methyl sites for hydroxylation is 1. The minimum Gasteiger partial charge on any atom is -0.493 e. The van der Waals surface area contributed by atoms with Crippen molar-refractivity contribution < 1.29 is 9.47 Å². The Morgan fingerprint density at radius 3 is 2.65 bits per heavy atom. The van der Waals surface area contributed by atoms with Crippen molar-refractivity contribution in [1.29, 1.82) is 0 Å². The van der Waals surface area contributed by atoms with Gasteiger partial charge in [-0.05, 0) is 36.8 Å². The minimum atomic E-state index is 0.578. The normalized spacial score (nSPS) is 22.3. The van der Waals surface area contributed by atoms with E-state index in [1.54, 1.807) is 0 Å². The summed E-state index contributed by atoms with van der Waals surface area (Å²) in [6, 6.07) is 8.60. The quantitative estimate of drug-likeness (QED) is 0.598. The van der Waals surface area contributed by atoms with E-state index in [1.807, 2.05) is 0 Å². The Labute approximate surface area is 141 Å². The summed E-state index contributed by atoms with van der Waals surface area (Å²) >= 11 is 0. The van der Waals surface area contributed by atoms with Gasteiger partial charge in [-0.3, -0.25) is 0 Å². The van der Waals surface area contributed by atoms with Crippen LogP contribution in [-0.4, -0.2) is 19.8 Å². The summed E-state index contributed by atoms with van der Waals surface area (Å²) in [6.07, 6.45) is 13.7. The van der Waals surface area contributed by atoms with E-state index in [1.165, 1.54) is 56.9 Å². The number of hydrogen-bond donors (Lipinski definition) is 0. The molecule has 1 aliphatic heterocycles. The number of rotatable bonds is 8. The Bertz CT molecular complexity index is 445. The van der Waals surface area contributed by atoms with Gasteiger partial charge < -0.3 is 9.47 Å². The molecule has 1 aromatic rings. The van der Waals surface area contributed by atoms with Crippen molar-refractivity contribution >= 4 is 0 Å². The van der Waals surface area contributed by atoms with Crippen LogP contribution in [0.1, 0.15) is 63.4 Å². The van der Waals surface area contributed by atoms with Gasteiger partial charge >= 0.3 is 0 Å². The zero-order valence-corrected chi connectivity index (χ0v) is 14.5. The molecular formula is C21H32O2. The first-order chi connectivity index (χ1) is 11.4. The van der Waals surface area contributed by atoms with Gasteiger partial charge in [0.1, 0.15) is 5.75 Å². The molecule has 2 aliphatic rings. The first kappa shape index (κ1) is 16.8. The molecule has 128 valence electrons. The van der Waals surface area contributed by atoms with E-state index in [0.29, 0.717) is 5.92 Å². The Hall–Kier alpha value is -1.02. The number of benzene rings is 1. The zero-order chi connectivity index (χ0) is 15.7. The second-order valence-corrected chi connectivity index (χ2v) is 7.40. The predicted molar refractivity (Wildman–Crippen MR) is 95.0 cm³/mol. The smallest absolute Gasteiger partial charge is 0.122 e. The van der Waals surface area contributed by atoms with Gasteiger partial charge in [-0.2, -0.15) is 0 Å². The highest BCUT2D eigenvalue weighted by atomic mass is 16.5. The van der Waals surface area contributed by atoms with E-state index in [-0.39, 0.29) is 0 Å². The summed E-state index contributed by atoms with van der Waals surface area (Å²) in [6.45, 7) is 2.57. The molecule has 2 nitrogen and oxygen atoms in total. The maximum Gasteiger partial charge on any atom is 0.122 e. The average molecular weight is 316 g/mol. The highest BCUT2D eigenvalue weighted by Crippen LogP contribution is 2.28. The van der Waals surface area contributed by atoms with E-state index >= 15 is 0 Å². The van der Waals surface area contributed by atoms with Gasteiger partial charge in [-0.15, -0.1) is 0 Å². The highest BCUT2D eigenvalue weighted by molar-refractivity contribution is 5.33. The summed E-state index contributed by atoms with van der Waals surface area (Å²) in [5.41, 5.74) is 1.38. The third kappa shape index (κ3) is 5.53. The Balaban J connectivity index is 1.39. The van der Waals surface area contributed by atoms with E-state index in [0.717, 1.165) is 44.3 Å². The zero-order valence-electron chi connectivity index (χ0n) is 14.5. The summed E-state index contributed by atoms with van der Waals surface area (Å²) in [5, 5.41) is 0. The fourth-order valence-corrected chi connectivity index (χ4v) is 4.00. The van der Waals surface area contributed by atoms with Gasteiger partial charge in [-0.25, -0.2) is 0 Å². The van der Waals surface area contributed by atoms with Crippen molar-refractivity contribution in [1.82, 2.24) is 0 Å². The van der Waals surface area contributed by atoms with Gasteiger partial charge in [0.25, 0.3) is 0 Å². The molecule has 0 radical (unpaired) electrons. The van der Waals surface area contributed by atoms with Crippen molar-refractivity contribution in [2.45, 2.75) is 64.2 Å². The van der Waals surface area contributed by atoms with Crippen molar-refractivity contribution in [3.8, 4) is 5.75 Å². The van der Waals surface area contributed by atoms with Crippen LogP contribution in [0.4, 0.5) is 0 Å². The third-order valence-electron chi connectivity index (χ3n) is 5.50. The number of unbranched alkanes of at least 4 members (excludes halogenated alkanes) is 1. The average Bonchev–Trinajstić information content (AvgIpc) is 3.12. The van der Waals surface area contributed by atoms with Crippen LogP contribution in [0.3, 0.4) is 0 Å². The van der Waals surface area contributed by atoms with Gasteiger partial charge in [0.15, 0.2) is 0 Å². The van der Waals surface area contributed by atoms with Crippen molar-refractivity contribution in [2.75, 3.05) is 19.8 Å². The van der Waals surface area contributed by atoms with Gasteiger partial charge in [0.2, 0.25) is 0 Å². The summed E-state index contributed by atoms with van der Waals surface area (Å²) in [7, 11) is 0. The lowest BCUT2D eigenvalue weighted by atomic mass is 9.85. The molecule has 1 aliphatic carbocycles. The summed E-state index contributed by atoms with van der Waals surface area (Å²) < 4.78 is 11.5. The molecule has 23 heavy (non-hydrogen) atoms. The van der Waals surface area contributed by atoms with E-state index in [4.69, 9.17) is 9.47 Å². The molecule has 3 rings (SSSR count). The Morgan fingerprint density at radius 2 is 1.83 bits per heavy atom. The molecule has 0 N–H and O–H groups in total. The van der Waals surface area contributed by atoms with Crippen molar-refractivity contribution in [2.24, 2.45) is 11.8 Å². The lowest BCUT2D eigenvalue weighted by Crippen LogP contribution is -2.12. The van der Waals surface area contributed by atoms with Crippen molar-refractivity contribution in [3.63, 3.8) is 0 Å². The monoisotopic (exact) mass is 316 g/mol. The Kier molecular flexibility index (Phi) is 6.82. The Morgan fingerprint density at radius 1 is 0.957 bits per heavy atom. The molecule has 0 aromatic heterocycles. The van der Waals surface area contributed by atoms with Crippen LogP contribution < -0.4 is 4.74 Å². The maximum atomic E-state index is 6.09. The molecule has 2 fully saturated rings. The first-order valence-electron chi connectivity index (χ1n) is 9.70. The molecule has 1 unspecified atom stereocenters. The number of hydrogen-bond acceptors (Lipinski definition) is 2. The SMILES string of the molecule is c1ccc(OCC2CCOC2)c(CCCCC2CCCCC2)c1. The van der Waals surface area contributed by atoms with E-state index < -0.39 is 0 Å². The second-order valence-electron chi connectivity index (χ2n) is 7.40. The molecule has 1 aromatic carbocycles. The van der Waals surface area contributed by atoms with Crippen LogP contribution in [0.2, 0.25) is 0 Å². The third-order valence-corrected chi connectivity index (χ3v) is 5.50. The maximum absolute atomic E-state index is 6.09. The molecule has 1 saturated carbocycles. The largest absolute Gasteiger partial charge is 0.493 e. The lowest BCUT2D eigenvalue weighted by Gasteiger charge is -2.21. The van der Waals surface area contributed by atoms with E-state index in [9.17, 15) is 0 Å². The van der Waals surface area contributed by atoms with Crippen LogP contribution in [0.5, 0.6) is 5.75 Å². The van der Waals surface area contributed by atoms with Crippen LogP contribution in [0.25, 0.3) is 0 Å². The van der Waals surface area contributed by atoms with Crippen LogP contribution in [0, 0.1) is 11.8 Å². The first-order valence-corrected chi connectivity index (χ1v) is 9.70. The van der Waals surface area contributed by atoms with Gasteiger partial charge in [0.05, 0.1) is 13.2 Å². The molecule has 1 saturated heterocycles. The summed E-state index contributed by atoms with van der Waals surface area (Å²) in [5.74, 6) is 2.68. The second kappa shape index (κ2) is 9.32. The topological polar surface area (TPSA) is 18.5 Å². The van der Waals surface area contributed by atoms with Crippen LogP contribution in [0.15, 0.2) is 24.3 Å². The molecular weight excluding hydrogens is 284 g/mol. The summed E-state index contributed by atoms with van der Waals surface area (Å²) in [4.78, 5) is 0. The molecule has 2 heteroatoms. The van der Waals surface area contributed by atoms with Crippen LogP contribution in [-0.2, 0) is 11.2 Å².